The van der Waals surface area contributed by atoms with Crippen LogP contribution < -0.4 is 0 Å². The molecule has 5 heteroatoms. The first-order valence-corrected chi connectivity index (χ1v) is 7.50. The number of hydrogen-bond donors (Lipinski definition) is 0. The quantitative estimate of drug-likeness (QED) is 0.592. The second kappa shape index (κ2) is 6.92. The van der Waals surface area contributed by atoms with Gasteiger partial charge in [-0.3, -0.25) is 9.59 Å². The molecular weight excluding hydrogens is 309 g/mol. The summed E-state index contributed by atoms with van der Waals surface area (Å²) in [5.41, 5.74) is 1.56. The molecule has 0 aliphatic heterocycles. The average Bonchev–Trinajstić information content (AvgIpc) is 2.87. The van der Waals surface area contributed by atoms with Crippen LogP contribution in [-0.2, 0) is 7.05 Å². The molecule has 3 nitrogen and oxygen atoms in total. The third-order valence-electron chi connectivity index (χ3n) is 3.20. The van der Waals surface area contributed by atoms with E-state index in [4.69, 9.17) is 23.2 Å². The van der Waals surface area contributed by atoms with Gasteiger partial charge in [0.2, 0.25) is 5.78 Å². The average molecular weight is 324 g/mol. The minimum absolute atomic E-state index is 0.00130. The number of carbonyl (C=O) groups excluding carboxylic acids is 2. The number of Topliss-reactive ketones (excluding diaryl/α,β-unsaturated/α-hetero) is 1. The van der Waals surface area contributed by atoms with E-state index >= 15 is 0 Å². The Morgan fingerprint density at radius 2 is 1.81 bits per heavy atom. The van der Waals surface area contributed by atoms with Crippen LogP contribution in [0.4, 0.5) is 0 Å². The van der Waals surface area contributed by atoms with Crippen LogP contribution in [0.1, 0.15) is 39.3 Å². The lowest BCUT2D eigenvalue weighted by molar-refractivity contribution is 0.0981. The van der Waals surface area contributed by atoms with E-state index in [1.807, 2.05) is 0 Å². The summed E-state index contributed by atoms with van der Waals surface area (Å²) in [6.07, 6.45) is 2.71. The van der Waals surface area contributed by atoms with E-state index in [1.54, 1.807) is 48.1 Å². The molecule has 0 fully saturated rings. The maximum absolute atomic E-state index is 12.4. The number of nitrogens with zero attached hydrogens (tertiary/aromatic N) is 1. The van der Waals surface area contributed by atoms with Gasteiger partial charge in [-0.2, -0.15) is 0 Å². The molecule has 110 valence electrons. The summed E-state index contributed by atoms with van der Waals surface area (Å²) in [5.74, 6) is 0.321. The number of alkyl halides is 1. The van der Waals surface area contributed by atoms with Crippen molar-refractivity contribution in [2.24, 2.45) is 7.05 Å². The Hall–Kier alpha value is -1.58. The molecule has 21 heavy (non-hydrogen) atoms. The van der Waals surface area contributed by atoms with Crippen LogP contribution in [0.2, 0.25) is 5.02 Å². The van der Waals surface area contributed by atoms with Gasteiger partial charge >= 0.3 is 0 Å². The lowest BCUT2D eigenvalue weighted by Crippen LogP contribution is -2.06. The van der Waals surface area contributed by atoms with Gasteiger partial charge < -0.3 is 4.57 Å². The highest BCUT2D eigenvalue weighted by molar-refractivity contribution is 6.30. The van der Waals surface area contributed by atoms with Crippen molar-refractivity contribution >= 4 is 34.8 Å². The van der Waals surface area contributed by atoms with Crippen LogP contribution in [0.3, 0.4) is 0 Å². The molecular formula is C16H15Cl2NO2. The van der Waals surface area contributed by atoms with E-state index in [1.165, 1.54) is 0 Å². The van der Waals surface area contributed by atoms with Gasteiger partial charge in [-0.05, 0) is 36.8 Å². The zero-order chi connectivity index (χ0) is 15.4. The van der Waals surface area contributed by atoms with Gasteiger partial charge in [0.1, 0.15) is 0 Å². The van der Waals surface area contributed by atoms with E-state index in [0.717, 1.165) is 0 Å². The number of aryl methyl sites for hydroxylation is 1. The molecule has 0 aliphatic rings. The lowest BCUT2D eigenvalue weighted by Gasteiger charge is -2.02. The number of carbonyl (C=O) groups is 2. The van der Waals surface area contributed by atoms with Crippen LogP contribution in [0.5, 0.6) is 0 Å². The molecule has 0 saturated heterocycles. The summed E-state index contributed by atoms with van der Waals surface area (Å²) >= 11 is 11.4. The number of benzene rings is 1. The molecule has 0 saturated carbocycles. The van der Waals surface area contributed by atoms with Crippen LogP contribution in [-0.4, -0.2) is 22.0 Å². The van der Waals surface area contributed by atoms with Gasteiger partial charge in [-0.1, -0.05) is 11.6 Å². The Kier molecular flexibility index (Phi) is 5.21. The molecule has 1 aromatic carbocycles. The van der Waals surface area contributed by atoms with Crippen molar-refractivity contribution in [1.29, 1.82) is 0 Å². The standard InChI is InChI=1S/C16H15Cl2NO2/c1-19-10-12(15(20)3-2-8-17)9-14(19)16(21)11-4-6-13(18)7-5-11/h4-7,9-10H,2-3,8H2,1H3. The minimum atomic E-state index is -0.134. The summed E-state index contributed by atoms with van der Waals surface area (Å²) in [7, 11) is 1.75. The van der Waals surface area contributed by atoms with Crippen LogP contribution >= 0.6 is 23.2 Å². The van der Waals surface area contributed by atoms with Crippen LogP contribution in [0.25, 0.3) is 0 Å². The summed E-state index contributed by atoms with van der Waals surface area (Å²) in [6.45, 7) is 0. The van der Waals surface area contributed by atoms with Crippen LogP contribution in [0, 0.1) is 0 Å². The van der Waals surface area contributed by atoms with Crippen molar-refractivity contribution < 1.29 is 9.59 Å². The SMILES string of the molecule is Cn1cc(C(=O)CCCCl)cc1C(=O)c1ccc(Cl)cc1. The molecule has 0 spiro atoms. The van der Waals surface area contributed by atoms with Gasteiger partial charge in [-0.15, -0.1) is 11.6 Å². The molecule has 0 atom stereocenters. The Morgan fingerprint density at radius 3 is 2.43 bits per heavy atom. The molecule has 0 N–H and O–H groups in total. The number of halogens is 2. The van der Waals surface area contributed by atoms with Crippen molar-refractivity contribution in [1.82, 2.24) is 4.57 Å². The third kappa shape index (κ3) is 3.74. The van der Waals surface area contributed by atoms with Crippen LogP contribution in [0.15, 0.2) is 36.5 Å². The van der Waals surface area contributed by atoms with Gasteiger partial charge in [0.05, 0.1) is 5.69 Å². The molecule has 0 aliphatic carbocycles. The van der Waals surface area contributed by atoms with Gasteiger partial charge in [0.25, 0.3) is 0 Å². The van der Waals surface area contributed by atoms with Crippen molar-refractivity contribution in [2.75, 3.05) is 5.88 Å². The molecule has 0 radical (unpaired) electrons. The van der Waals surface area contributed by atoms with Gasteiger partial charge in [0.15, 0.2) is 5.78 Å². The first-order chi connectivity index (χ1) is 10.0. The summed E-state index contributed by atoms with van der Waals surface area (Å²) in [4.78, 5) is 24.4. The van der Waals surface area contributed by atoms with E-state index in [0.29, 0.717) is 40.6 Å². The highest BCUT2D eigenvalue weighted by Gasteiger charge is 2.17. The van der Waals surface area contributed by atoms with Gasteiger partial charge in [0, 0.05) is 41.7 Å². The molecule has 2 aromatic rings. The summed E-state index contributed by atoms with van der Waals surface area (Å²) in [6, 6.07) is 8.32. The topological polar surface area (TPSA) is 39.1 Å². The van der Waals surface area contributed by atoms with Crippen molar-refractivity contribution in [3.8, 4) is 0 Å². The smallest absolute Gasteiger partial charge is 0.209 e. The minimum Gasteiger partial charge on any atom is -0.347 e. The fourth-order valence-corrected chi connectivity index (χ4v) is 2.32. The molecule has 1 heterocycles. The van der Waals surface area contributed by atoms with Crippen molar-refractivity contribution in [2.45, 2.75) is 12.8 Å². The molecule has 0 bridgehead atoms. The third-order valence-corrected chi connectivity index (χ3v) is 3.72. The highest BCUT2D eigenvalue weighted by Crippen LogP contribution is 2.17. The molecule has 2 rings (SSSR count). The monoisotopic (exact) mass is 323 g/mol. The number of aromatic nitrogens is 1. The van der Waals surface area contributed by atoms with E-state index in [2.05, 4.69) is 0 Å². The fraction of sp³-hybridized carbons (Fsp3) is 0.250. The zero-order valence-electron chi connectivity index (χ0n) is 11.6. The maximum Gasteiger partial charge on any atom is 0.209 e. The van der Waals surface area contributed by atoms with Crippen molar-refractivity contribution in [3.63, 3.8) is 0 Å². The first kappa shape index (κ1) is 15.8. The van der Waals surface area contributed by atoms with E-state index in [-0.39, 0.29) is 11.6 Å². The van der Waals surface area contributed by atoms with Gasteiger partial charge in [-0.25, -0.2) is 0 Å². The predicted octanol–water partition coefficient (Wildman–Crippen LogP) is 4.11. The Bertz CT molecular complexity index is 659. The summed E-state index contributed by atoms with van der Waals surface area (Å²) < 4.78 is 1.67. The molecule has 0 unspecified atom stereocenters. The second-order valence-electron chi connectivity index (χ2n) is 4.78. The predicted molar refractivity (Wildman–Crippen MR) is 84.6 cm³/mol. The normalized spacial score (nSPS) is 10.6. The second-order valence-corrected chi connectivity index (χ2v) is 5.59. The maximum atomic E-state index is 12.4. The highest BCUT2D eigenvalue weighted by atomic mass is 35.5. The fourth-order valence-electron chi connectivity index (χ4n) is 2.06. The Balaban J connectivity index is 2.24. The number of ketones is 2. The summed E-state index contributed by atoms with van der Waals surface area (Å²) in [5, 5.41) is 0.579. The van der Waals surface area contributed by atoms with Crippen molar-refractivity contribution in [3.05, 3.63) is 58.4 Å². The Labute approximate surface area is 133 Å². The lowest BCUT2D eigenvalue weighted by atomic mass is 10.1. The zero-order valence-corrected chi connectivity index (χ0v) is 13.1. The van der Waals surface area contributed by atoms with E-state index < -0.39 is 0 Å². The molecule has 0 amide bonds. The number of hydrogen-bond acceptors (Lipinski definition) is 2. The van der Waals surface area contributed by atoms with E-state index in [9.17, 15) is 9.59 Å². The largest absolute Gasteiger partial charge is 0.347 e. The number of rotatable bonds is 6. The first-order valence-electron chi connectivity index (χ1n) is 6.58. The molecule has 1 aromatic heterocycles. The Morgan fingerprint density at radius 1 is 1.14 bits per heavy atom.